The van der Waals surface area contributed by atoms with E-state index < -0.39 is 53.1 Å². The molecule has 0 N–H and O–H groups in total. The van der Waals surface area contributed by atoms with Crippen molar-refractivity contribution in [2.75, 3.05) is 33.5 Å². The predicted molar refractivity (Wildman–Crippen MR) is 96.6 cm³/mol. The van der Waals surface area contributed by atoms with Crippen LogP contribution in [0.15, 0.2) is 18.2 Å². The van der Waals surface area contributed by atoms with Gasteiger partial charge in [-0.2, -0.15) is 0 Å². The monoisotopic (exact) mass is 436 g/mol. The highest BCUT2D eigenvalue weighted by Crippen LogP contribution is 2.41. The molecule has 1 heterocycles. The smallest absolute Gasteiger partial charge is 0.324 e. The van der Waals surface area contributed by atoms with E-state index in [1.165, 1.54) is 32.4 Å². The predicted octanol–water partition coefficient (Wildman–Crippen LogP) is -0.329. The highest BCUT2D eigenvalue weighted by Gasteiger charge is 2.58. The lowest BCUT2D eigenvalue weighted by atomic mass is 9.91. The molecule has 1 aliphatic heterocycles. The van der Waals surface area contributed by atoms with Crippen molar-refractivity contribution in [3.63, 3.8) is 0 Å². The second-order valence-corrected chi connectivity index (χ2v) is 10.6. The van der Waals surface area contributed by atoms with Crippen LogP contribution in [0, 0.1) is 0 Å². The zero-order valence-corrected chi connectivity index (χ0v) is 17.2. The van der Waals surface area contributed by atoms with E-state index in [4.69, 9.17) is 9.47 Å². The topological polar surface area (TPSA) is 139 Å². The lowest BCUT2D eigenvalue weighted by Crippen LogP contribution is -2.55. The van der Waals surface area contributed by atoms with E-state index in [2.05, 4.69) is 9.47 Å². The minimum absolute atomic E-state index is 0.0651. The van der Waals surface area contributed by atoms with Gasteiger partial charge in [0.15, 0.2) is 46.8 Å². The Kier molecular flexibility index (Phi) is 6.24. The fraction of sp³-hybridized carbons (Fsp3) is 0.500. The molecule has 1 aromatic rings. The van der Waals surface area contributed by atoms with Gasteiger partial charge in [-0.3, -0.25) is 9.59 Å². The van der Waals surface area contributed by atoms with Crippen molar-refractivity contribution in [2.45, 2.75) is 16.4 Å². The van der Waals surface area contributed by atoms with Gasteiger partial charge in [0.05, 0.1) is 28.4 Å². The fourth-order valence-electron chi connectivity index (χ4n) is 3.21. The van der Waals surface area contributed by atoms with E-state index >= 15 is 0 Å². The standard InChI is InChI=1S/C16H20O10S2/c1-23-10-6-5-9(7-11(10)24-2)12-13(15(17)25-3)27(19,20)8-28(21,22)14(12)16(18)26-4/h5-7,12-14H,8H2,1-4H3/t13-,14-/m1/s1. The molecule has 1 aliphatic rings. The Balaban J connectivity index is 2.82. The highest BCUT2D eigenvalue weighted by atomic mass is 32.3. The zero-order valence-electron chi connectivity index (χ0n) is 15.6. The van der Waals surface area contributed by atoms with Crippen LogP contribution in [0.2, 0.25) is 0 Å². The molecule has 0 aliphatic carbocycles. The van der Waals surface area contributed by atoms with Gasteiger partial charge in [0.2, 0.25) is 0 Å². The maximum absolute atomic E-state index is 12.6. The Labute approximate surface area is 162 Å². The Morgan fingerprint density at radius 3 is 1.68 bits per heavy atom. The number of methoxy groups -OCH3 is 4. The molecule has 0 amide bonds. The summed E-state index contributed by atoms with van der Waals surface area (Å²) in [4.78, 5) is 24.6. The quantitative estimate of drug-likeness (QED) is 0.564. The SMILES string of the molecule is COC(=O)[C@H]1C(c2ccc(OC)c(OC)c2)[C@H](C(=O)OC)S(=O)(=O)CS1(=O)=O. The van der Waals surface area contributed by atoms with E-state index in [-0.39, 0.29) is 17.1 Å². The number of carbonyl (C=O) groups excluding carboxylic acids is 2. The van der Waals surface area contributed by atoms with Crippen LogP contribution in [0.1, 0.15) is 11.5 Å². The molecule has 28 heavy (non-hydrogen) atoms. The van der Waals surface area contributed by atoms with E-state index in [1.807, 2.05) is 0 Å². The van der Waals surface area contributed by atoms with Gasteiger partial charge in [-0.15, -0.1) is 0 Å². The Morgan fingerprint density at radius 2 is 1.29 bits per heavy atom. The van der Waals surface area contributed by atoms with Gasteiger partial charge in [-0.05, 0) is 17.7 Å². The van der Waals surface area contributed by atoms with Crippen LogP contribution in [-0.2, 0) is 38.7 Å². The van der Waals surface area contributed by atoms with Crippen molar-refractivity contribution in [1.82, 2.24) is 0 Å². The van der Waals surface area contributed by atoms with E-state index in [9.17, 15) is 26.4 Å². The van der Waals surface area contributed by atoms with E-state index in [1.54, 1.807) is 0 Å². The van der Waals surface area contributed by atoms with E-state index in [0.717, 1.165) is 14.2 Å². The average molecular weight is 436 g/mol. The summed E-state index contributed by atoms with van der Waals surface area (Å²) < 4.78 is 70.0. The summed E-state index contributed by atoms with van der Waals surface area (Å²) in [5.41, 5.74) is 0.0651. The number of carbonyl (C=O) groups is 2. The van der Waals surface area contributed by atoms with Crippen molar-refractivity contribution in [3.8, 4) is 11.5 Å². The van der Waals surface area contributed by atoms with Crippen LogP contribution in [0.5, 0.6) is 11.5 Å². The normalized spacial score (nSPS) is 25.4. The lowest BCUT2D eigenvalue weighted by Gasteiger charge is -2.34. The molecular weight excluding hydrogens is 416 g/mol. The van der Waals surface area contributed by atoms with Crippen molar-refractivity contribution in [1.29, 1.82) is 0 Å². The molecule has 0 radical (unpaired) electrons. The second-order valence-electron chi connectivity index (χ2n) is 5.97. The van der Waals surface area contributed by atoms with Gasteiger partial charge < -0.3 is 18.9 Å². The summed E-state index contributed by atoms with van der Waals surface area (Å²) in [6.45, 7) is 0. The third kappa shape index (κ3) is 3.78. The van der Waals surface area contributed by atoms with Gasteiger partial charge in [-0.25, -0.2) is 16.8 Å². The second kappa shape index (κ2) is 7.95. The number of rotatable bonds is 5. The summed E-state index contributed by atoms with van der Waals surface area (Å²) in [5, 5.41) is -5.20. The lowest BCUT2D eigenvalue weighted by molar-refractivity contribution is -0.142. The first-order chi connectivity index (χ1) is 13.0. The van der Waals surface area contributed by atoms with Crippen molar-refractivity contribution >= 4 is 31.6 Å². The van der Waals surface area contributed by atoms with Crippen LogP contribution in [0.4, 0.5) is 0 Å². The van der Waals surface area contributed by atoms with Gasteiger partial charge in [0.1, 0.15) is 0 Å². The maximum atomic E-state index is 12.6. The first-order valence-electron chi connectivity index (χ1n) is 7.84. The number of benzene rings is 1. The molecule has 0 bridgehead atoms. The molecule has 12 heteroatoms. The molecule has 0 saturated carbocycles. The molecule has 1 fully saturated rings. The average Bonchev–Trinajstić information content (AvgIpc) is 2.64. The number of esters is 2. The molecule has 0 aromatic heterocycles. The maximum Gasteiger partial charge on any atom is 0.324 e. The van der Waals surface area contributed by atoms with Crippen molar-refractivity contribution in [2.24, 2.45) is 0 Å². The molecule has 156 valence electrons. The van der Waals surface area contributed by atoms with Crippen LogP contribution >= 0.6 is 0 Å². The molecule has 2 atom stereocenters. The first-order valence-corrected chi connectivity index (χ1v) is 11.3. The van der Waals surface area contributed by atoms with Gasteiger partial charge in [0.25, 0.3) is 0 Å². The number of hydrogen-bond donors (Lipinski definition) is 0. The highest BCUT2D eigenvalue weighted by molar-refractivity contribution is 8.10. The summed E-state index contributed by atoms with van der Waals surface area (Å²) >= 11 is 0. The fourth-order valence-corrected chi connectivity index (χ4v) is 8.61. The molecule has 0 unspecified atom stereocenters. The molecule has 0 spiro atoms. The third-order valence-corrected chi connectivity index (χ3v) is 9.56. The summed E-state index contributed by atoms with van der Waals surface area (Å²) in [7, 11) is -4.34. The minimum Gasteiger partial charge on any atom is -0.493 e. The van der Waals surface area contributed by atoms with Crippen LogP contribution < -0.4 is 9.47 Å². The number of ether oxygens (including phenoxy) is 4. The number of sulfone groups is 2. The molecule has 1 aromatic carbocycles. The molecule has 2 rings (SSSR count). The van der Waals surface area contributed by atoms with Crippen molar-refractivity contribution in [3.05, 3.63) is 23.8 Å². The summed E-state index contributed by atoms with van der Waals surface area (Å²) in [6.07, 6.45) is 0. The van der Waals surface area contributed by atoms with Gasteiger partial charge >= 0.3 is 11.9 Å². The molecule has 1 saturated heterocycles. The van der Waals surface area contributed by atoms with E-state index in [0.29, 0.717) is 0 Å². The van der Waals surface area contributed by atoms with Crippen LogP contribution in [0.3, 0.4) is 0 Å². The first kappa shape index (κ1) is 22.0. The Hall–Kier alpha value is -2.34. The zero-order chi connectivity index (χ0) is 21.3. The molecule has 10 nitrogen and oxygen atoms in total. The minimum atomic E-state index is -4.49. The van der Waals surface area contributed by atoms with Gasteiger partial charge in [0, 0.05) is 5.92 Å². The van der Waals surface area contributed by atoms with Gasteiger partial charge in [-0.1, -0.05) is 6.07 Å². The summed E-state index contributed by atoms with van der Waals surface area (Å²) in [6, 6.07) is 4.07. The number of hydrogen-bond acceptors (Lipinski definition) is 10. The van der Waals surface area contributed by atoms with Crippen molar-refractivity contribution < 1.29 is 45.4 Å². The third-order valence-electron chi connectivity index (χ3n) is 4.41. The molecular formula is C16H20O10S2. The largest absolute Gasteiger partial charge is 0.493 e. The van der Waals surface area contributed by atoms with Crippen LogP contribution in [0.25, 0.3) is 0 Å². The van der Waals surface area contributed by atoms with Crippen LogP contribution in [-0.4, -0.2) is 72.8 Å². The Morgan fingerprint density at radius 1 is 0.821 bits per heavy atom. The Bertz CT molecular complexity index is 929. The summed E-state index contributed by atoms with van der Waals surface area (Å²) in [5.74, 6) is -3.50.